The highest BCUT2D eigenvalue weighted by atomic mass is 16.5. The average Bonchev–Trinajstić information content (AvgIpc) is 2.34. The van der Waals surface area contributed by atoms with Crippen LogP contribution < -0.4 is 5.32 Å². The van der Waals surface area contributed by atoms with Crippen LogP contribution in [0.1, 0.15) is 33.1 Å². The third-order valence-corrected chi connectivity index (χ3v) is 4.49. The molecule has 1 N–H and O–H groups in total. The monoisotopic (exact) mass is 252 g/mol. The van der Waals surface area contributed by atoms with Crippen LogP contribution in [0.5, 0.6) is 0 Å². The predicted molar refractivity (Wildman–Crippen MR) is 75.8 cm³/mol. The maximum Gasteiger partial charge on any atom is 0.0673 e. The Bertz CT molecular complexity index is 299. The Morgan fingerprint density at radius 2 is 2.33 bits per heavy atom. The summed E-state index contributed by atoms with van der Waals surface area (Å²) in [7, 11) is 1.78. The van der Waals surface area contributed by atoms with E-state index in [-0.39, 0.29) is 0 Å². The van der Waals surface area contributed by atoms with Gasteiger partial charge >= 0.3 is 0 Å². The molecule has 2 heterocycles. The fourth-order valence-corrected chi connectivity index (χ4v) is 3.08. The fraction of sp³-hybridized carbons (Fsp3) is 0.867. The number of nitrogens with one attached hydrogen (secondary N) is 1. The molecule has 18 heavy (non-hydrogen) atoms. The highest BCUT2D eigenvalue weighted by Gasteiger charge is 2.33. The second kappa shape index (κ2) is 6.18. The third kappa shape index (κ3) is 3.56. The van der Waals surface area contributed by atoms with Gasteiger partial charge in [0.05, 0.1) is 6.61 Å². The molecule has 0 bridgehead atoms. The molecular formula is C15H28N2O. The third-order valence-electron chi connectivity index (χ3n) is 4.49. The zero-order chi connectivity index (χ0) is 13.0. The highest BCUT2D eigenvalue weighted by Crippen LogP contribution is 2.30. The lowest BCUT2D eigenvalue weighted by molar-refractivity contribution is 0.128. The summed E-state index contributed by atoms with van der Waals surface area (Å²) < 4.78 is 5.20. The van der Waals surface area contributed by atoms with E-state index in [0.29, 0.717) is 11.5 Å². The Morgan fingerprint density at radius 1 is 1.50 bits per heavy atom. The topological polar surface area (TPSA) is 24.5 Å². The summed E-state index contributed by atoms with van der Waals surface area (Å²) in [6.45, 7) is 10.3. The molecule has 2 rings (SSSR count). The summed E-state index contributed by atoms with van der Waals surface area (Å²) in [5, 5.41) is 3.71. The van der Waals surface area contributed by atoms with Crippen LogP contribution in [-0.2, 0) is 4.74 Å². The van der Waals surface area contributed by atoms with Gasteiger partial charge in [0.15, 0.2) is 0 Å². The molecule has 0 aromatic rings. The van der Waals surface area contributed by atoms with Crippen molar-refractivity contribution in [3.8, 4) is 0 Å². The molecule has 104 valence electrons. The summed E-state index contributed by atoms with van der Waals surface area (Å²) in [5.41, 5.74) is 1.90. The molecule has 1 atom stereocenters. The summed E-state index contributed by atoms with van der Waals surface area (Å²) >= 11 is 0. The molecule has 0 radical (unpaired) electrons. The lowest BCUT2D eigenvalue weighted by Gasteiger charge is -2.42. The van der Waals surface area contributed by atoms with Crippen LogP contribution in [0.25, 0.3) is 0 Å². The number of hydrogen-bond acceptors (Lipinski definition) is 3. The second-order valence-corrected chi connectivity index (χ2v) is 6.40. The number of hydrogen-bond donors (Lipinski definition) is 1. The lowest BCUT2D eigenvalue weighted by atomic mass is 9.77. The minimum absolute atomic E-state index is 0.439. The Morgan fingerprint density at radius 3 is 2.94 bits per heavy atom. The number of piperidine rings is 1. The molecule has 2 aliphatic heterocycles. The molecule has 3 heteroatoms. The molecule has 0 aromatic carbocycles. The number of ether oxygens (including phenoxy) is 1. The van der Waals surface area contributed by atoms with Crippen molar-refractivity contribution < 1.29 is 4.74 Å². The van der Waals surface area contributed by atoms with Crippen LogP contribution in [-0.4, -0.2) is 50.8 Å². The van der Waals surface area contributed by atoms with Gasteiger partial charge in [-0.15, -0.1) is 0 Å². The van der Waals surface area contributed by atoms with Gasteiger partial charge in [0.25, 0.3) is 0 Å². The Balaban J connectivity index is 1.84. The second-order valence-electron chi connectivity index (χ2n) is 6.40. The van der Waals surface area contributed by atoms with Crippen LogP contribution in [0, 0.1) is 5.41 Å². The van der Waals surface area contributed by atoms with E-state index in [0.717, 1.165) is 13.2 Å². The van der Waals surface area contributed by atoms with Crippen LogP contribution in [0.2, 0.25) is 0 Å². The molecular weight excluding hydrogens is 224 g/mol. The number of methoxy groups -OCH3 is 1. The van der Waals surface area contributed by atoms with Crippen molar-refractivity contribution in [3.63, 3.8) is 0 Å². The summed E-state index contributed by atoms with van der Waals surface area (Å²) in [5.74, 6) is 0. The van der Waals surface area contributed by atoms with Crippen molar-refractivity contribution in [2.24, 2.45) is 5.41 Å². The van der Waals surface area contributed by atoms with Crippen molar-refractivity contribution in [3.05, 3.63) is 11.6 Å². The van der Waals surface area contributed by atoms with Gasteiger partial charge < -0.3 is 10.1 Å². The molecule has 1 fully saturated rings. The summed E-state index contributed by atoms with van der Waals surface area (Å²) in [4.78, 5) is 2.57. The van der Waals surface area contributed by atoms with Gasteiger partial charge in [-0.3, -0.25) is 4.90 Å². The van der Waals surface area contributed by atoms with E-state index < -0.39 is 0 Å². The zero-order valence-corrected chi connectivity index (χ0v) is 12.2. The van der Waals surface area contributed by atoms with Crippen molar-refractivity contribution in [2.45, 2.75) is 39.2 Å². The maximum absolute atomic E-state index is 5.20. The first-order valence-electron chi connectivity index (χ1n) is 7.24. The van der Waals surface area contributed by atoms with Gasteiger partial charge in [-0.1, -0.05) is 19.9 Å². The lowest BCUT2D eigenvalue weighted by Crippen LogP contribution is -2.53. The first-order valence-corrected chi connectivity index (χ1v) is 7.24. The summed E-state index contributed by atoms with van der Waals surface area (Å²) in [6, 6.07) is 0.642. The normalized spacial score (nSPS) is 29.1. The number of rotatable bonds is 4. The molecule has 1 saturated heterocycles. The average molecular weight is 252 g/mol. The van der Waals surface area contributed by atoms with E-state index in [4.69, 9.17) is 4.74 Å². The van der Waals surface area contributed by atoms with Gasteiger partial charge in [-0.05, 0) is 36.8 Å². The fourth-order valence-electron chi connectivity index (χ4n) is 3.08. The molecule has 0 saturated carbocycles. The van der Waals surface area contributed by atoms with E-state index in [9.17, 15) is 0 Å². The molecule has 0 spiro atoms. The van der Waals surface area contributed by atoms with E-state index >= 15 is 0 Å². The Hall–Kier alpha value is -0.380. The van der Waals surface area contributed by atoms with Crippen LogP contribution >= 0.6 is 0 Å². The molecule has 2 aliphatic rings. The first-order chi connectivity index (χ1) is 8.62. The predicted octanol–water partition coefficient (Wildman–Crippen LogP) is 2.04. The van der Waals surface area contributed by atoms with Crippen molar-refractivity contribution in [2.75, 3.05) is 39.9 Å². The van der Waals surface area contributed by atoms with Gasteiger partial charge in [0, 0.05) is 32.8 Å². The largest absolute Gasteiger partial charge is 0.380 e. The van der Waals surface area contributed by atoms with E-state index in [1.54, 1.807) is 7.11 Å². The van der Waals surface area contributed by atoms with Gasteiger partial charge in [-0.25, -0.2) is 0 Å². The van der Waals surface area contributed by atoms with Crippen LogP contribution in [0.15, 0.2) is 11.6 Å². The van der Waals surface area contributed by atoms with E-state index in [1.807, 2.05) is 0 Å². The van der Waals surface area contributed by atoms with Crippen molar-refractivity contribution >= 4 is 0 Å². The first kappa shape index (κ1) is 14.0. The smallest absolute Gasteiger partial charge is 0.0673 e. The minimum atomic E-state index is 0.439. The Kier molecular flexibility index (Phi) is 4.82. The minimum Gasteiger partial charge on any atom is -0.380 e. The van der Waals surface area contributed by atoms with Gasteiger partial charge in [-0.2, -0.15) is 0 Å². The molecule has 0 amide bonds. The maximum atomic E-state index is 5.20. The highest BCUT2D eigenvalue weighted by molar-refractivity contribution is 5.08. The van der Waals surface area contributed by atoms with Crippen molar-refractivity contribution in [1.82, 2.24) is 10.2 Å². The van der Waals surface area contributed by atoms with Gasteiger partial charge in [0.1, 0.15) is 0 Å². The molecule has 1 unspecified atom stereocenters. The van der Waals surface area contributed by atoms with Crippen LogP contribution in [0.4, 0.5) is 0 Å². The quantitative estimate of drug-likeness (QED) is 0.775. The van der Waals surface area contributed by atoms with E-state index in [2.05, 4.69) is 30.1 Å². The van der Waals surface area contributed by atoms with Gasteiger partial charge in [0.2, 0.25) is 0 Å². The Labute approximate surface area is 112 Å². The standard InChI is InChI=1S/C15H28N2O/c1-15(2)7-4-8-16-14(15)11-17-9-5-13(6-10-17)12-18-3/h5,14,16H,4,6-12H2,1-3H3. The SMILES string of the molecule is COCC1=CCN(CC2NCCCC2(C)C)CC1. The van der Waals surface area contributed by atoms with Crippen LogP contribution in [0.3, 0.4) is 0 Å². The molecule has 0 aliphatic carbocycles. The molecule has 0 aromatic heterocycles. The van der Waals surface area contributed by atoms with Crippen molar-refractivity contribution in [1.29, 1.82) is 0 Å². The molecule has 3 nitrogen and oxygen atoms in total. The van der Waals surface area contributed by atoms with E-state index in [1.165, 1.54) is 44.5 Å². The summed E-state index contributed by atoms with van der Waals surface area (Å²) in [6.07, 6.45) is 6.19. The number of nitrogens with zero attached hydrogens (tertiary/aromatic N) is 1. The zero-order valence-electron chi connectivity index (χ0n) is 12.2.